The lowest BCUT2D eigenvalue weighted by Crippen LogP contribution is -2.60. The van der Waals surface area contributed by atoms with Gasteiger partial charge in [-0.1, -0.05) is 51.5 Å². The summed E-state index contributed by atoms with van der Waals surface area (Å²) in [6.45, 7) is 1.73. The van der Waals surface area contributed by atoms with E-state index in [1.54, 1.807) is 18.2 Å². The van der Waals surface area contributed by atoms with Crippen LogP contribution in [0.1, 0.15) is 63.9 Å². The molecule has 1 fully saturated rings. The van der Waals surface area contributed by atoms with Crippen molar-refractivity contribution in [2.75, 3.05) is 13.7 Å². The van der Waals surface area contributed by atoms with Gasteiger partial charge in [-0.25, -0.2) is 0 Å². The Morgan fingerprint density at radius 2 is 1.67 bits per heavy atom. The number of hydrogen-bond acceptors (Lipinski definition) is 9. The van der Waals surface area contributed by atoms with Gasteiger partial charge in [0.2, 0.25) is 6.29 Å². The molecule has 1 aliphatic rings. The van der Waals surface area contributed by atoms with Gasteiger partial charge in [0.05, 0.1) is 13.7 Å². The van der Waals surface area contributed by atoms with E-state index in [4.69, 9.17) is 18.9 Å². The van der Waals surface area contributed by atoms with Crippen LogP contribution >= 0.6 is 0 Å². The smallest absolute Gasteiger partial charge is 0.306 e. The van der Waals surface area contributed by atoms with Gasteiger partial charge in [0.25, 0.3) is 0 Å². The molecule has 0 unspecified atom stereocenters. The van der Waals surface area contributed by atoms with Crippen molar-refractivity contribution in [1.29, 1.82) is 0 Å². The van der Waals surface area contributed by atoms with Crippen LogP contribution in [0.3, 0.4) is 0 Å². The number of ether oxygens (including phenoxy) is 4. The molecule has 0 aliphatic carbocycles. The normalized spacial score (nSPS) is 25.0. The number of esters is 1. The molecule has 1 heterocycles. The number of benzene rings is 1. The van der Waals surface area contributed by atoms with Gasteiger partial charge in [-0.2, -0.15) is 0 Å². The van der Waals surface area contributed by atoms with E-state index in [1.165, 1.54) is 32.8 Å². The minimum Gasteiger partial charge on any atom is -0.493 e. The molecule has 1 aliphatic heterocycles. The van der Waals surface area contributed by atoms with E-state index in [9.17, 15) is 25.2 Å². The second kappa shape index (κ2) is 14.4. The number of aliphatic hydroxyl groups excluding tert-OH is 4. The third-order valence-corrected chi connectivity index (χ3v) is 5.70. The van der Waals surface area contributed by atoms with Crippen LogP contribution in [-0.4, -0.2) is 70.8 Å². The molecule has 5 atom stereocenters. The molecule has 0 amide bonds. The molecule has 2 rings (SSSR count). The van der Waals surface area contributed by atoms with Crippen LogP contribution < -0.4 is 9.47 Å². The summed E-state index contributed by atoms with van der Waals surface area (Å²) in [6, 6.07) is 4.89. The van der Waals surface area contributed by atoms with Crippen molar-refractivity contribution in [1.82, 2.24) is 0 Å². The van der Waals surface area contributed by atoms with E-state index in [2.05, 4.69) is 6.92 Å². The highest BCUT2D eigenvalue weighted by Gasteiger charge is 2.44. The second-order valence-electron chi connectivity index (χ2n) is 8.33. The van der Waals surface area contributed by atoms with Gasteiger partial charge in [-0.05, 0) is 24.1 Å². The van der Waals surface area contributed by atoms with Crippen LogP contribution in [0.25, 0.3) is 0 Å². The van der Waals surface area contributed by atoms with Crippen molar-refractivity contribution in [2.24, 2.45) is 0 Å². The number of rotatable bonds is 14. The molecule has 0 saturated carbocycles. The molecule has 1 aromatic carbocycles. The number of carbonyl (C=O) groups is 1. The third-order valence-electron chi connectivity index (χ3n) is 5.70. The first kappa shape index (κ1) is 27.3. The van der Waals surface area contributed by atoms with Gasteiger partial charge in [0.15, 0.2) is 11.5 Å². The molecule has 1 saturated heterocycles. The summed E-state index contributed by atoms with van der Waals surface area (Å²) >= 11 is 0. The summed E-state index contributed by atoms with van der Waals surface area (Å²) in [6.07, 6.45) is 1.39. The average Bonchev–Trinajstić information content (AvgIpc) is 2.82. The van der Waals surface area contributed by atoms with Crippen molar-refractivity contribution in [2.45, 2.75) is 95.6 Å². The Balaban J connectivity index is 1.83. The Labute approximate surface area is 195 Å². The summed E-state index contributed by atoms with van der Waals surface area (Å²) in [5.74, 6) is 0.289. The standard InChI is InChI=1S/C24H38O9/c1-3-4-5-6-7-8-9-10-20(26)31-15-16-11-12-17(18(13-16)30-2)32-24-23(29)22(28)21(27)19(14-25)33-24/h11-13,19,21-25,27-29H,3-10,14-15H2,1-2H3/t19-,21-,22+,23-,24-/m1/s1. The van der Waals surface area contributed by atoms with Crippen LogP contribution in [0.15, 0.2) is 18.2 Å². The monoisotopic (exact) mass is 470 g/mol. The predicted octanol–water partition coefficient (Wildman–Crippen LogP) is 2.06. The van der Waals surface area contributed by atoms with Crippen LogP contribution in [0.2, 0.25) is 0 Å². The maximum absolute atomic E-state index is 12.0. The lowest BCUT2D eigenvalue weighted by atomic mass is 9.99. The van der Waals surface area contributed by atoms with Gasteiger partial charge >= 0.3 is 5.97 Å². The first-order valence-corrected chi connectivity index (χ1v) is 11.7. The van der Waals surface area contributed by atoms with E-state index in [0.717, 1.165) is 19.3 Å². The van der Waals surface area contributed by atoms with Crippen LogP contribution in [0.4, 0.5) is 0 Å². The number of hydrogen-bond donors (Lipinski definition) is 4. The molecule has 0 aromatic heterocycles. The molecular formula is C24H38O9. The Morgan fingerprint density at radius 1 is 0.970 bits per heavy atom. The van der Waals surface area contributed by atoms with Crippen molar-refractivity contribution in [3.8, 4) is 11.5 Å². The van der Waals surface area contributed by atoms with Gasteiger partial charge in [0.1, 0.15) is 31.0 Å². The largest absolute Gasteiger partial charge is 0.493 e. The van der Waals surface area contributed by atoms with Gasteiger partial charge in [0, 0.05) is 6.42 Å². The van der Waals surface area contributed by atoms with E-state index < -0.39 is 37.3 Å². The molecule has 0 spiro atoms. The second-order valence-corrected chi connectivity index (χ2v) is 8.33. The Kier molecular flexibility index (Phi) is 11.9. The fourth-order valence-corrected chi connectivity index (χ4v) is 3.65. The van der Waals surface area contributed by atoms with E-state index in [-0.39, 0.29) is 18.3 Å². The summed E-state index contributed by atoms with van der Waals surface area (Å²) in [5, 5.41) is 39.2. The summed E-state index contributed by atoms with van der Waals surface area (Å²) in [4.78, 5) is 12.0. The molecule has 188 valence electrons. The zero-order chi connectivity index (χ0) is 24.2. The highest BCUT2D eigenvalue weighted by molar-refractivity contribution is 5.69. The quantitative estimate of drug-likeness (QED) is 0.238. The summed E-state index contributed by atoms with van der Waals surface area (Å²) < 4.78 is 21.7. The maximum Gasteiger partial charge on any atom is 0.306 e. The zero-order valence-electron chi connectivity index (χ0n) is 19.5. The first-order valence-electron chi connectivity index (χ1n) is 11.7. The highest BCUT2D eigenvalue weighted by Crippen LogP contribution is 2.32. The highest BCUT2D eigenvalue weighted by atomic mass is 16.7. The average molecular weight is 471 g/mol. The Bertz CT molecular complexity index is 709. The fourth-order valence-electron chi connectivity index (χ4n) is 3.65. The van der Waals surface area contributed by atoms with E-state index in [0.29, 0.717) is 17.7 Å². The predicted molar refractivity (Wildman–Crippen MR) is 120 cm³/mol. The first-order chi connectivity index (χ1) is 15.9. The Hall–Kier alpha value is -1.91. The lowest BCUT2D eigenvalue weighted by molar-refractivity contribution is -0.277. The summed E-state index contributed by atoms with van der Waals surface area (Å²) in [5.41, 5.74) is 0.695. The molecule has 9 heteroatoms. The molecule has 33 heavy (non-hydrogen) atoms. The van der Waals surface area contributed by atoms with Crippen LogP contribution in [-0.2, 0) is 20.9 Å². The number of methoxy groups -OCH3 is 1. The number of unbranched alkanes of at least 4 members (excludes halogenated alkanes) is 6. The topological polar surface area (TPSA) is 135 Å². The van der Waals surface area contributed by atoms with Crippen LogP contribution in [0, 0.1) is 0 Å². The van der Waals surface area contributed by atoms with Gasteiger partial charge < -0.3 is 39.4 Å². The van der Waals surface area contributed by atoms with Crippen molar-refractivity contribution >= 4 is 5.97 Å². The molecule has 1 aromatic rings. The van der Waals surface area contributed by atoms with Crippen molar-refractivity contribution in [3.05, 3.63) is 23.8 Å². The molecule has 0 radical (unpaired) electrons. The lowest BCUT2D eigenvalue weighted by Gasteiger charge is -2.39. The molecule has 9 nitrogen and oxygen atoms in total. The van der Waals surface area contributed by atoms with Crippen molar-refractivity contribution < 1.29 is 44.2 Å². The van der Waals surface area contributed by atoms with Gasteiger partial charge in [-0.3, -0.25) is 4.79 Å². The van der Waals surface area contributed by atoms with E-state index >= 15 is 0 Å². The minimum absolute atomic E-state index is 0.0893. The van der Waals surface area contributed by atoms with Gasteiger partial charge in [-0.15, -0.1) is 0 Å². The minimum atomic E-state index is -1.54. The molecule has 0 bridgehead atoms. The van der Waals surface area contributed by atoms with Crippen LogP contribution in [0.5, 0.6) is 11.5 Å². The maximum atomic E-state index is 12.0. The van der Waals surface area contributed by atoms with Crippen molar-refractivity contribution in [3.63, 3.8) is 0 Å². The third kappa shape index (κ3) is 8.42. The summed E-state index contributed by atoms with van der Waals surface area (Å²) in [7, 11) is 1.44. The fraction of sp³-hybridized carbons (Fsp3) is 0.708. The Morgan fingerprint density at radius 3 is 2.33 bits per heavy atom. The number of aliphatic hydroxyl groups is 4. The number of carbonyl (C=O) groups excluding carboxylic acids is 1. The zero-order valence-corrected chi connectivity index (χ0v) is 19.5. The van der Waals surface area contributed by atoms with E-state index in [1.807, 2.05) is 0 Å². The SMILES string of the molecule is CCCCCCCCCC(=O)OCc1ccc(O[C@@H]2O[C@H](CO)[C@@H](O)[C@H](O)[C@H]2O)c(OC)c1. The molecular weight excluding hydrogens is 432 g/mol. The molecule has 4 N–H and O–H groups in total.